The van der Waals surface area contributed by atoms with Gasteiger partial charge in [0, 0.05) is 55.2 Å². The van der Waals surface area contributed by atoms with E-state index in [-0.39, 0.29) is 22.7 Å². The van der Waals surface area contributed by atoms with Crippen LogP contribution in [0.5, 0.6) is 0 Å². The van der Waals surface area contributed by atoms with Gasteiger partial charge in [0.05, 0.1) is 55.6 Å². The summed E-state index contributed by atoms with van der Waals surface area (Å²) >= 11 is 0. The largest absolute Gasteiger partial charge is 0.506 e. The van der Waals surface area contributed by atoms with Crippen LogP contribution in [0, 0.1) is 0 Å². The second-order valence-corrected chi connectivity index (χ2v) is 17.0. The number of nitrogens with one attached hydrogen (secondary N) is 3. The number of carbonyl (C=O) groups excluding carboxylic acids is 1. The van der Waals surface area contributed by atoms with E-state index in [1.807, 2.05) is 121 Å². The highest BCUT2D eigenvalue weighted by Gasteiger charge is 2.51. The predicted octanol–water partition coefficient (Wildman–Crippen LogP) is 9.23. The predicted molar refractivity (Wildman–Crippen MR) is 249 cm³/mol. The first-order valence-corrected chi connectivity index (χ1v) is 21.3. The minimum Gasteiger partial charge on any atom is -0.506 e. The number of fused-ring (bicyclic) bond motifs is 12. The van der Waals surface area contributed by atoms with E-state index < -0.39 is 11.3 Å². The minimum atomic E-state index is -1.15. The third kappa shape index (κ3) is 4.06. The zero-order chi connectivity index (χ0) is 42.1. The molecule has 2 unspecified atom stereocenters. The molecule has 0 saturated carbocycles. The zero-order valence-electron chi connectivity index (χ0n) is 33.6. The van der Waals surface area contributed by atoms with Crippen molar-refractivity contribution in [2.24, 2.45) is 4.99 Å². The third-order valence-electron chi connectivity index (χ3n) is 13.8. The molecule has 0 radical (unpaired) electrons. The van der Waals surface area contributed by atoms with Gasteiger partial charge in [0.1, 0.15) is 17.1 Å². The number of benzene rings is 8. The first-order valence-electron chi connectivity index (χ1n) is 21.3. The second-order valence-electron chi connectivity index (χ2n) is 17.0. The van der Waals surface area contributed by atoms with Crippen molar-refractivity contribution in [1.82, 2.24) is 19.9 Å². The SMILES string of the molecule is O=C1C(c2ccc3cccc4c3c2NC2(N4)c3ccccc3-c3nc4ccccc4nc32)=C(O)/C1=c1/ccc2cccc3c2c1=NC1(N3)c2ccccc2-c2nc3ccccc3nc21. The van der Waals surface area contributed by atoms with E-state index >= 15 is 4.79 Å². The molecule has 0 amide bonds. The molecule has 15 rings (SSSR count). The smallest absolute Gasteiger partial charge is 0.202 e. The fourth-order valence-electron chi connectivity index (χ4n) is 11.0. The summed E-state index contributed by atoms with van der Waals surface area (Å²) < 4.78 is 0. The number of nitrogens with zero attached hydrogens (tertiary/aromatic N) is 5. The molecular formula is C54H30N8O2. The van der Waals surface area contributed by atoms with E-state index in [1.165, 1.54) is 0 Å². The normalized spacial score (nSPS) is 20.1. The van der Waals surface area contributed by atoms with Crippen LogP contribution in [0.25, 0.3) is 77.3 Å². The van der Waals surface area contributed by atoms with Crippen LogP contribution in [0.4, 0.5) is 17.1 Å². The van der Waals surface area contributed by atoms with Gasteiger partial charge in [-0.05, 0) is 47.2 Å². The highest BCUT2D eigenvalue weighted by Crippen LogP contribution is 2.55. The number of hydrogen-bond acceptors (Lipinski definition) is 10. The summed E-state index contributed by atoms with van der Waals surface area (Å²) in [5, 5.41) is 28.9. The number of rotatable bonds is 1. The average molecular weight is 823 g/mol. The van der Waals surface area contributed by atoms with Crippen LogP contribution in [0.15, 0.2) is 168 Å². The Balaban J connectivity index is 0.972. The number of anilines is 3. The van der Waals surface area contributed by atoms with Gasteiger partial charge in [-0.1, -0.05) is 121 Å². The van der Waals surface area contributed by atoms with Gasteiger partial charge in [-0.15, -0.1) is 0 Å². The Hall–Kier alpha value is -8.76. The molecule has 64 heavy (non-hydrogen) atoms. The van der Waals surface area contributed by atoms with Crippen molar-refractivity contribution in [3.05, 3.63) is 202 Å². The average Bonchev–Trinajstić information content (AvgIpc) is 3.73. The molecule has 0 saturated heterocycles. The quantitative estimate of drug-likeness (QED) is 0.128. The molecule has 0 fully saturated rings. The summed E-state index contributed by atoms with van der Waals surface area (Å²) in [4.78, 5) is 41.5. The number of carbonyl (C=O) groups is 1. The number of allylic oxidation sites excluding steroid dienone is 2. The first kappa shape index (κ1) is 33.9. The molecule has 3 aliphatic carbocycles. The maximum absolute atomic E-state index is 15.1. The summed E-state index contributed by atoms with van der Waals surface area (Å²) in [6, 6.07) is 52.2. The lowest BCUT2D eigenvalue weighted by Gasteiger charge is -2.40. The number of ketones is 1. The van der Waals surface area contributed by atoms with Crippen LogP contribution in [0.3, 0.4) is 0 Å². The fraction of sp³-hybridized carbons (Fsp3) is 0.0370. The topological polar surface area (TPSA) is 137 Å². The van der Waals surface area contributed by atoms with Gasteiger partial charge in [0.15, 0.2) is 5.66 Å². The van der Waals surface area contributed by atoms with E-state index in [1.54, 1.807) is 0 Å². The van der Waals surface area contributed by atoms with E-state index in [9.17, 15) is 5.11 Å². The zero-order valence-corrected chi connectivity index (χ0v) is 33.6. The van der Waals surface area contributed by atoms with Gasteiger partial charge in [-0.3, -0.25) is 4.79 Å². The number of hydrogen-bond donors (Lipinski definition) is 4. The monoisotopic (exact) mass is 822 g/mol. The van der Waals surface area contributed by atoms with Gasteiger partial charge < -0.3 is 21.1 Å². The Bertz CT molecular complexity index is 4070. The molecule has 8 aromatic carbocycles. The first-order chi connectivity index (χ1) is 31.5. The summed E-state index contributed by atoms with van der Waals surface area (Å²) in [7, 11) is 0. The molecule has 2 atom stereocenters. The van der Waals surface area contributed by atoms with Crippen molar-refractivity contribution in [3.63, 3.8) is 0 Å². The fourth-order valence-corrected chi connectivity index (χ4v) is 11.0. The summed E-state index contributed by atoms with van der Waals surface area (Å²) in [6.45, 7) is 0. The lowest BCUT2D eigenvalue weighted by Crippen LogP contribution is -2.46. The Labute approximate surface area is 363 Å². The van der Waals surface area contributed by atoms with Crippen molar-refractivity contribution in [3.8, 4) is 22.5 Å². The molecule has 10 heteroatoms. The van der Waals surface area contributed by atoms with Crippen LogP contribution >= 0.6 is 0 Å². The van der Waals surface area contributed by atoms with Gasteiger partial charge in [-0.2, -0.15) is 0 Å². The minimum absolute atomic E-state index is 0.0839. The Morgan fingerprint density at radius 2 is 1.05 bits per heavy atom. The van der Waals surface area contributed by atoms with Crippen molar-refractivity contribution in [1.29, 1.82) is 0 Å². The molecule has 4 heterocycles. The number of para-hydroxylation sites is 4. The van der Waals surface area contributed by atoms with Crippen LogP contribution in [-0.2, 0) is 16.1 Å². The molecule has 10 nitrogen and oxygen atoms in total. The maximum Gasteiger partial charge on any atom is 0.202 e. The molecular weight excluding hydrogens is 793 g/mol. The van der Waals surface area contributed by atoms with Crippen molar-refractivity contribution < 1.29 is 9.90 Å². The standard InChI is InChI=1S/C54H30N8O2/c63-49-43(31-25-23-27-11-9-21-39-41(27)45(31)61-53(59-39)33-15-3-1-13-29(33)47-51(53)57-37-19-7-5-17-35(37)55-47)50(64)44(49)32-26-24-28-12-10-22-40-42(28)46(32)62-54(60-40)34-16-4-2-14-30(34)48-52(54)58-38-20-8-6-18-36(38)56-48/h1-26,59-61,63H/b44-32+. The van der Waals surface area contributed by atoms with Crippen molar-refractivity contribution in [2.75, 3.05) is 16.0 Å². The second kappa shape index (κ2) is 11.6. The molecule has 0 bridgehead atoms. The van der Waals surface area contributed by atoms with Crippen LogP contribution < -0.4 is 26.5 Å². The van der Waals surface area contributed by atoms with Crippen molar-refractivity contribution >= 4 is 77.6 Å². The van der Waals surface area contributed by atoms with E-state index in [4.69, 9.17) is 24.9 Å². The van der Waals surface area contributed by atoms with Gasteiger partial charge in [0.25, 0.3) is 0 Å². The Kier molecular flexibility index (Phi) is 6.13. The molecule has 2 aromatic heterocycles. The Morgan fingerprint density at radius 1 is 0.469 bits per heavy atom. The van der Waals surface area contributed by atoms with E-state index in [0.717, 1.165) is 100 Å². The van der Waals surface area contributed by atoms with Crippen LogP contribution in [0.2, 0.25) is 0 Å². The lowest BCUT2D eigenvalue weighted by atomic mass is 9.79. The van der Waals surface area contributed by atoms with Gasteiger partial charge in [-0.25, -0.2) is 24.9 Å². The molecule has 4 N–H and O–H groups in total. The number of aliphatic hydroxyl groups excluding tert-OH is 1. The number of Topliss-reactive ketones (excluding diaryl/α,β-unsaturated/α-hetero) is 1. The van der Waals surface area contributed by atoms with E-state index in [0.29, 0.717) is 21.8 Å². The van der Waals surface area contributed by atoms with Gasteiger partial charge >= 0.3 is 0 Å². The third-order valence-corrected chi connectivity index (χ3v) is 13.8. The molecule has 298 valence electrons. The number of aromatic nitrogens is 4. The molecule has 2 aliphatic heterocycles. The molecule has 2 spiro atoms. The Morgan fingerprint density at radius 3 is 1.77 bits per heavy atom. The highest BCUT2D eigenvalue weighted by molar-refractivity contribution is 6.52. The van der Waals surface area contributed by atoms with E-state index in [2.05, 4.69) is 52.3 Å². The van der Waals surface area contributed by atoms with Crippen LogP contribution in [0.1, 0.15) is 28.1 Å². The van der Waals surface area contributed by atoms with Crippen LogP contribution in [-0.4, -0.2) is 30.8 Å². The number of aliphatic hydroxyl groups is 1. The maximum atomic E-state index is 15.1. The molecule has 10 aromatic rings. The lowest BCUT2D eigenvalue weighted by molar-refractivity contribution is -0.109. The molecule has 5 aliphatic rings. The summed E-state index contributed by atoms with van der Waals surface area (Å²) in [5.74, 6) is -0.355. The summed E-state index contributed by atoms with van der Waals surface area (Å²) in [6.07, 6.45) is 0. The van der Waals surface area contributed by atoms with Gasteiger partial charge in [0.2, 0.25) is 11.4 Å². The summed E-state index contributed by atoms with van der Waals surface area (Å²) in [5.41, 5.74) is 11.2. The van der Waals surface area contributed by atoms with Crippen molar-refractivity contribution in [2.45, 2.75) is 11.3 Å². The highest BCUT2D eigenvalue weighted by atomic mass is 16.3.